The second kappa shape index (κ2) is 12.3. The average Bonchev–Trinajstić information content (AvgIpc) is 2.98. The highest BCUT2D eigenvalue weighted by atomic mass is 16.7. The van der Waals surface area contributed by atoms with Crippen LogP contribution < -0.4 is 10.2 Å². The van der Waals surface area contributed by atoms with Crippen LogP contribution in [0.2, 0.25) is 0 Å². The zero-order valence-electron chi connectivity index (χ0n) is 22.6. The number of aliphatic carboxylic acids is 1. The van der Waals surface area contributed by atoms with Crippen molar-refractivity contribution in [2.45, 2.75) is 61.4 Å². The molecule has 0 aliphatic carbocycles. The first-order chi connectivity index (χ1) is 21.2. The van der Waals surface area contributed by atoms with Crippen LogP contribution in [0.3, 0.4) is 0 Å². The van der Waals surface area contributed by atoms with Gasteiger partial charge in [0.2, 0.25) is 17.5 Å². The van der Waals surface area contributed by atoms with E-state index >= 15 is 0 Å². The predicted molar refractivity (Wildman–Crippen MR) is 142 cm³/mol. The maximum Gasteiger partial charge on any atom is 0.335 e. The fraction of sp³-hybridized carbons (Fsp3) is 0.407. The zero-order chi connectivity index (χ0) is 32.9. The van der Waals surface area contributed by atoms with E-state index in [2.05, 4.69) is 0 Å². The predicted octanol–water partition coefficient (Wildman–Crippen LogP) is -2.62. The molecule has 0 spiro atoms. The Labute approximate surface area is 250 Å². The SMILES string of the molecule is O=C(O)[C@H]1O[C@@H](Oc2c(-c3ccc(O)c(O)c3)oc3cc(O)cc(O)c3c2=O)[C@H](O)[C@H](O)[C@@H]1O[C@@H]1O[C@H](CO)[C@@H](O)[C@@H](O)[C@H]1O. The van der Waals surface area contributed by atoms with Crippen LogP contribution in [0.1, 0.15) is 0 Å². The minimum Gasteiger partial charge on any atom is -0.508 e. The third-order valence-electron chi connectivity index (χ3n) is 7.32. The van der Waals surface area contributed by atoms with E-state index in [0.29, 0.717) is 0 Å². The highest BCUT2D eigenvalue weighted by Crippen LogP contribution is 2.40. The molecule has 0 bridgehead atoms. The average molecular weight is 641 g/mol. The molecule has 18 heteroatoms. The van der Waals surface area contributed by atoms with Crippen molar-refractivity contribution in [1.29, 1.82) is 0 Å². The van der Waals surface area contributed by atoms with Crippen LogP contribution in [0.4, 0.5) is 0 Å². The first kappa shape index (κ1) is 32.2. The fourth-order valence-electron chi connectivity index (χ4n) is 4.97. The maximum atomic E-state index is 13.6. The lowest BCUT2D eigenvalue weighted by Crippen LogP contribution is -2.65. The van der Waals surface area contributed by atoms with Crippen LogP contribution in [-0.2, 0) is 19.0 Å². The summed E-state index contributed by atoms with van der Waals surface area (Å²) in [4.78, 5) is 25.8. The first-order valence-corrected chi connectivity index (χ1v) is 13.2. The molecule has 2 aromatic carbocycles. The van der Waals surface area contributed by atoms with Crippen molar-refractivity contribution in [3.8, 4) is 40.1 Å². The Morgan fingerprint density at radius 2 is 1.49 bits per heavy atom. The number of ether oxygens (including phenoxy) is 4. The molecule has 2 aliphatic heterocycles. The molecule has 18 nitrogen and oxygen atoms in total. The van der Waals surface area contributed by atoms with Gasteiger partial charge in [0, 0.05) is 17.7 Å². The molecule has 45 heavy (non-hydrogen) atoms. The molecule has 5 rings (SSSR count). The van der Waals surface area contributed by atoms with Gasteiger partial charge in [0.05, 0.1) is 6.61 Å². The van der Waals surface area contributed by atoms with Gasteiger partial charge in [0.1, 0.15) is 65.2 Å². The number of hydrogen-bond donors (Lipinski definition) is 11. The van der Waals surface area contributed by atoms with Gasteiger partial charge in [-0.05, 0) is 18.2 Å². The van der Waals surface area contributed by atoms with Gasteiger partial charge >= 0.3 is 5.97 Å². The second-order valence-corrected chi connectivity index (χ2v) is 10.3. The molecule has 0 amide bonds. The number of benzene rings is 2. The molecule has 0 radical (unpaired) electrons. The standard InChI is InChI=1S/C27H28O18/c28-6-13-15(33)17(35)19(37)26(42-13)44-23-18(36)20(38)27(45-24(23)25(39)40)43-22-16(34)14-11(32)4-8(29)5-12(14)41-21(22)7-1-2-9(30)10(31)3-7/h1-5,13,15,17-20,23-24,26-33,35-38H,6H2,(H,39,40)/t13-,15-,17-,18+,19-,20-,23+,24+,26+,27-/m1/s1. The molecule has 3 heterocycles. The Balaban J connectivity index is 1.52. The number of rotatable bonds is 7. The summed E-state index contributed by atoms with van der Waals surface area (Å²) in [6.45, 7) is -0.847. The highest BCUT2D eigenvalue weighted by molar-refractivity contribution is 5.88. The van der Waals surface area contributed by atoms with Crippen LogP contribution in [-0.4, -0.2) is 130 Å². The molecule has 244 valence electrons. The zero-order valence-corrected chi connectivity index (χ0v) is 22.6. The molecular weight excluding hydrogens is 612 g/mol. The molecule has 1 aromatic heterocycles. The Morgan fingerprint density at radius 3 is 2.13 bits per heavy atom. The van der Waals surface area contributed by atoms with E-state index in [-0.39, 0.29) is 11.1 Å². The van der Waals surface area contributed by atoms with Crippen molar-refractivity contribution < 1.29 is 84.3 Å². The van der Waals surface area contributed by atoms with Crippen LogP contribution in [0.15, 0.2) is 39.5 Å². The molecule has 2 saturated heterocycles. The number of hydrogen-bond acceptors (Lipinski definition) is 17. The van der Waals surface area contributed by atoms with Gasteiger partial charge in [0.15, 0.2) is 29.7 Å². The lowest BCUT2D eigenvalue weighted by atomic mass is 9.96. The molecular formula is C27H28O18. The smallest absolute Gasteiger partial charge is 0.335 e. The molecule has 2 fully saturated rings. The minimum absolute atomic E-state index is 0.119. The molecule has 3 aromatic rings. The van der Waals surface area contributed by atoms with E-state index in [1.165, 1.54) is 6.07 Å². The van der Waals surface area contributed by atoms with Crippen molar-refractivity contribution in [3.05, 3.63) is 40.6 Å². The number of carbonyl (C=O) groups is 1. The number of aromatic hydroxyl groups is 4. The Bertz CT molecular complexity index is 1640. The number of carboxylic acid groups (broad SMARTS) is 1. The van der Waals surface area contributed by atoms with Gasteiger partial charge in [-0.3, -0.25) is 4.79 Å². The lowest BCUT2D eigenvalue weighted by molar-refractivity contribution is -0.348. The minimum atomic E-state index is -2.21. The molecule has 0 unspecified atom stereocenters. The summed E-state index contributed by atoms with van der Waals surface area (Å²) in [6.07, 6.45) is -19.9. The summed E-state index contributed by atoms with van der Waals surface area (Å²) in [5.41, 5.74) is -1.62. The number of aliphatic hydroxyl groups is 6. The Kier molecular flexibility index (Phi) is 8.77. The van der Waals surface area contributed by atoms with E-state index < -0.39 is 119 Å². The molecule has 2 aliphatic rings. The third kappa shape index (κ3) is 5.81. The van der Waals surface area contributed by atoms with Crippen molar-refractivity contribution in [3.63, 3.8) is 0 Å². The van der Waals surface area contributed by atoms with E-state index in [1.54, 1.807) is 0 Å². The number of phenols is 4. The second-order valence-electron chi connectivity index (χ2n) is 10.3. The van der Waals surface area contributed by atoms with E-state index in [0.717, 1.165) is 24.3 Å². The van der Waals surface area contributed by atoms with Crippen LogP contribution in [0.5, 0.6) is 28.7 Å². The number of phenolic OH excluding ortho intramolecular Hbond substituents is 4. The van der Waals surface area contributed by atoms with Crippen LogP contribution >= 0.6 is 0 Å². The number of carboxylic acids is 1. The van der Waals surface area contributed by atoms with Crippen molar-refractivity contribution >= 4 is 16.9 Å². The number of fused-ring (bicyclic) bond motifs is 1. The largest absolute Gasteiger partial charge is 0.508 e. The van der Waals surface area contributed by atoms with Gasteiger partial charge < -0.3 is 79.5 Å². The van der Waals surface area contributed by atoms with Gasteiger partial charge in [0.25, 0.3) is 0 Å². The van der Waals surface area contributed by atoms with Crippen molar-refractivity contribution in [1.82, 2.24) is 0 Å². The van der Waals surface area contributed by atoms with E-state index in [4.69, 9.17) is 23.4 Å². The topological polar surface area (TPSA) is 307 Å². The quantitative estimate of drug-likeness (QED) is 0.118. The summed E-state index contributed by atoms with van der Waals surface area (Å²) >= 11 is 0. The lowest BCUT2D eigenvalue weighted by Gasteiger charge is -2.45. The van der Waals surface area contributed by atoms with Crippen LogP contribution in [0.25, 0.3) is 22.3 Å². The molecule has 10 atom stereocenters. The van der Waals surface area contributed by atoms with Gasteiger partial charge in [-0.15, -0.1) is 0 Å². The van der Waals surface area contributed by atoms with E-state index in [9.17, 15) is 65.8 Å². The van der Waals surface area contributed by atoms with Gasteiger partial charge in [-0.1, -0.05) is 0 Å². The van der Waals surface area contributed by atoms with Crippen molar-refractivity contribution in [2.24, 2.45) is 0 Å². The van der Waals surface area contributed by atoms with Crippen LogP contribution in [0, 0.1) is 0 Å². The Hall–Kier alpha value is -4.24. The summed E-state index contributed by atoms with van der Waals surface area (Å²) in [6, 6.07) is 4.93. The van der Waals surface area contributed by atoms with Gasteiger partial charge in [-0.25, -0.2) is 4.79 Å². The summed E-state index contributed by atoms with van der Waals surface area (Å²) in [7, 11) is 0. The summed E-state index contributed by atoms with van der Waals surface area (Å²) in [5, 5.41) is 111. The monoisotopic (exact) mass is 640 g/mol. The van der Waals surface area contributed by atoms with E-state index in [1.807, 2.05) is 0 Å². The number of aliphatic hydroxyl groups excluding tert-OH is 6. The Morgan fingerprint density at radius 1 is 0.800 bits per heavy atom. The maximum absolute atomic E-state index is 13.6. The van der Waals surface area contributed by atoms with Crippen molar-refractivity contribution in [2.75, 3.05) is 6.61 Å². The summed E-state index contributed by atoms with van der Waals surface area (Å²) < 4.78 is 27.1. The fourth-order valence-corrected chi connectivity index (χ4v) is 4.97. The molecule has 11 N–H and O–H groups in total. The highest BCUT2D eigenvalue weighted by Gasteiger charge is 2.53. The summed E-state index contributed by atoms with van der Waals surface area (Å²) in [5.74, 6) is -5.61. The first-order valence-electron chi connectivity index (χ1n) is 13.2. The normalized spacial score (nSPS) is 32.0. The molecule has 0 saturated carbocycles. The third-order valence-corrected chi connectivity index (χ3v) is 7.32. The van der Waals surface area contributed by atoms with Gasteiger partial charge in [-0.2, -0.15) is 0 Å².